The Morgan fingerprint density at radius 2 is 1.65 bits per heavy atom. The third-order valence-electron chi connectivity index (χ3n) is 8.79. The van der Waals surface area contributed by atoms with E-state index in [4.69, 9.17) is 5.84 Å². The first-order valence-electron chi connectivity index (χ1n) is 15.1. The van der Waals surface area contributed by atoms with Crippen LogP contribution < -0.4 is 11.2 Å². The topological polar surface area (TPSA) is 203 Å². The van der Waals surface area contributed by atoms with Crippen LogP contribution in [-0.4, -0.2) is 85.6 Å². The van der Waals surface area contributed by atoms with Crippen molar-refractivity contribution in [3.05, 3.63) is 83.4 Å². The van der Waals surface area contributed by atoms with E-state index in [1.165, 1.54) is 38.9 Å². The van der Waals surface area contributed by atoms with E-state index >= 15 is 0 Å². The predicted molar refractivity (Wildman–Crippen MR) is 175 cm³/mol. The fourth-order valence-electron chi connectivity index (χ4n) is 6.30. The van der Waals surface area contributed by atoms with Gasteiger partial charge in [0.05, 0.1) is 18.7 Å². The zero-order chi connectivity index (χ0) is 35.6. The Labute approximate surface area is 276 Å². The van der Waals surface area contributed by atoms with E-state index in [2.05, 4.69) is 10.4 Å². The SMILES string of the molecule is CN[C@@H](CC(=O)O)C(=O)N(C(C)=O)[C@](C(=O)O)(C(C)C)N1C(=O)N(Cc2ccc3ccccc3c2)[C@](C)(c2ccc(C=NN)cc2)C1=O. The normalized spacial score (nSPS) is 18.4. The monoisotopic (exact) mass is 658 g/mol. The zero-order valence-corrected chi connectivity index (χ0v) is 27.2. The molecule has 1 aliphatic rings. The van der Waals surface area contributed by atoms with Crippen LogP contribution in [0, 0.1) is 5.92 Å². The van der Waals surface area contributed by atoms with Gasteiger partial charge in [-0.2, -0.15) is 5.10 Å². The first-order chi connectivity index (χ1) is 22.7. The van der Waals surface area contributed by atoms with Crippen LogP contribution in [0.25, 0.3) is 10.8 Å². The summed E-state index contributed by atoms with van der Waals surface area (Å²) in [6, 6.07) is 16.8. The van der Waals surface area contributed by atoms with Crippen molar-refractivity contribution >= 4 is 52.7 Å². The zero-order valence-electron chi connectivity index (χ0n) is 27.2. The number of carboxylic acid groups (broad SMARTS) is 2. The molecule has 48 heavy (non-hydrogen) atoms. The Bertz CT molecular complexity index is 1810. The van der Waals surface area contributed by atoms with E-state index in [-0.39, 0.29) is 6.54 Å². The summed E-state index contributed by atoms with van der Waals surface area (Å²) < 4.78 is 0. The molecule has 1 aliphatic heterocycles. The van der Waals surface area contributed by atoms with Crippen LogP contribution in [-0.2, 0) is 36.1 Å². The molecule has 0 radical (unpaired) electrons. The highest BCUT2D eigenvalue weighted by Gasteiger charge is 2.68. The van der Waals surface area contributed by atoms with Crippen LogP contribution in [0.2, 0.25) is 0 Å². The largest absolute Gasteiger partial charge is 0.481 e. The van der Waals surface area contributed by atoms with Crippen molar-refractivity contribution in [2.75, 3.05) is 7.05 Å². The Kier molecular flexibility index (Phi) is 9.99. The van der Waals surface area contributed by atoms with Gasteiger partial charge in [-0.3, -0.25) is 19.2 Å². The average molecular weight is 659 g/mol. The maximum atomic E-state index is 14.9. The number of nitrogens with one attached hydrogen (secondary N) is 1. The molecule has 3 aromatic rings. The molecule has 14 heteroatoms. The van der Waals surface area contributed by atoms with Crippen molar-refractivity contribution in [3.8, 4) is 0 Å². The summed E-state index contributed by atoms with van der Waals surface area (Å²) in [6.07, 6.45) is 0.575. The lowest BCUT2D eigenvalue weighted by atomic mass is 9.86. The lowest BCUT2D eigenvalue weighted by Gasteiger charge is -2.46. The van der Waals surface area contributed by atoms with E-state index < -0.39 is 65.3 Å². The van der Waals surface area contributed by atoms with Crippen LogP contribution in [0.4, 0.5) is 4.79 Å². The van der Waals surface area contributed by atoms with Crippen LogP contribution in [0.15, 0.2) is 71.8 Å². The standard InChI is InChI=1S/C34H38N6O8/c1-20(2)34(31(46)47,39(21(3)41)29(44)27(36-5)17-28(42)43)40-30(45)33(4,26-14-11-22(12-15-26)18-37-35)38(32(40)48)19-23-10-13-24-8-6-7-9-25(24)16-23/h6-16,18,20,27,36H,17,19,35H2,1-5H3,(H,42,43)(H,46,47)/t27-,33+,34+/m0/s1. The quantitative estimate of drug-likeness (QED) is 0.0970. The number of carboxylic acids is 2. The van der Waals surface area contributed by atoms with Gasteiger partial charge >= 0.3 is 18.0 Å². The number of fused-ring (bicyclic) bond motifs is 1. The number of carbonyl (C=O) groups is 6. The van der Waals surface area contributed by atoms with Crippen LogP contribution in [0.5, 0.6) is 0 Å². The Hall–Kier alpha value is -5.63. The predicted octanol–water partition coefficient (Wildman–Crippen LogP) is 2.69. The lowest BCUT2D eigenvalue weighted by molar-refractivity contribution is -0.186. The molecule has 4 rings (SSSR count). The fourth-order valence-corrected chi connectivity index (χ4v) is 6.30. The molecule has 252 valence electrons. The summed E-state index contributed by atoms with van der Waals surface area (Å²) in [6.45, 7) is 4.93. The smallest absolute Gasteiger partial charge is 0.352 e. The Morgan fingerprint density at radius 3 is 2.17 bits per heavy atom. The van der Waals surface area contributed by atoms with Crippen LogP contribution in [0.1, 0.15) is 50.8 Å². The van der Waals surface area contributed by atoms with Gasteiger partial charge in [-0.05, 0) is 47.5 Å². The number of benzene rings is 3. The maximum absolute atomic E-state index is 14.9. The summed E-state index contributed by atoms with van der Waals surface area (Å²) in [4.78, 5) is 84.0. The minimum absolute atomic E-state index is 0.158. The second-order valence-electron chi connectivity index (χ2n) is 12.0. The molecular formula is C34H38N6O8. The fraction of sp³-hybridized carbons (Fsp3) is 0.324. The van der Waals surface area contributed by atoms with Crippen molar-refractivity contribution in [2.45, 2.75) is 57.9 Å². The summed E-state index contributed by atoms with van der Waals surface area (Å²) in [5, 5.41) is 28.2. The Morgan fingerprint density at radius 1 is 1.02 bits per heavy atom. The average Bonchev–Trinajstić information content (AvgIpc) is 3.22. The molecule has 1 fully saturated rings. The molecule has 1 saturated heterocycles. The second kappa shape index (κ2) is 13.6. The third kappa shape index (κ3) is 5.86. The first-order valence-corrected chi connectivity index (χ1v) is 15.1. The van der Waals surface area contributed by atoms with E-state index in [1.807, 2.05) is 36.4 Å². The molecule has 0 spiro atoms. The van der Waals surface area contributed by atoms with E-state index in [1.54, 1.807) is 30.3 Å². The molecule has 3 atom stereocenters. The summed E-state index contributed by atoms with van der Waals surface area (Å²) in [5.41, 5.74) is -3.22. The molecular weight excluding hydrogens is 620 g/mol. The van der Waals surface area contributed by atoms with Gasteiger partial charge in [-0.1, -0.05) is 74.5 Å². The van der Waals surface area contributed by atoms with Crippen molar-refractivity contribution in [3.63, 3.8) is 0 Å². The number of carbonyl (C=O) groups excluding carboxylic acids is 4. The number of imide groups is 2. The van der Waals surface area contributed by atoms with E-state index in [0.29, 0.717) is 26.5 Å². The number of rotatable bonds is 12. The van der Waals surface area contributed by atoms with Gasteiger partial charge in [0, 0.05) is 19.4 Å². The molecule has 0 aliphatic carbocycles. The van der Waals surface area contributed by atoms with Crippen molar-refractivity contribution in [1.29, 1.82) is 0 Å². The minimum atomic E-state index is -2.89. The number of hydrogen-bond acceptors (Lipinski definition) is 9. The van der Waals surface area contributed by atoms with Gasteiger partial charge in [0.25, 0.3) is 5.91 Å². The summed E-state index contributed by atoms with van der Waals surface area (Å²) in [5.74, 6) is -2.55. The lowest BCUT2D eigenvalue weighted by Crippen LogP contribution is -2.74. The van der Waals surface area contributed by atoms with Gasteiger partial charge in [-0.25, -0.2) is 19.4 Å². The Balaban J connectivity index is 1.98. The molecule has 5 N–H and O–H groups in total. The van der Waals surface area contributed by atoms with E-state index in [0.717, 1.165) is 17.7 Å². The first kappa shape index (κ1) is 35.2. The highest BCUT2D eigenvalue weighted by molar-refractivity contribution is 6.13. The molecule has 5 amide bonds. The molecule has 0 bridgehead atoms. The number of amides is 5. The molecule has 14 nitrogen and oxygen atoms in total. The highest BCUT2D eigenvalue weighted by Crippen LogP contribution is 2.45. The maximum Gasteiger partial charge on any atom is 0.352 e. The van der Waals surface area contributed by atoms with Crippen LogP contribution in [0.3, 0.4) is 0 Å². The third-order valence-corrected chi connectivity index (χ3v) is 8.79. The number of nitrogens with zero attached hydrogens (tertiary/aromatic N) is 4. The molecule has 1 heterocycles. The molecule has 0 saturated carbocycles. The van der Waals surface area contributed by atoms with Gasteiger partial charge in [-0.15, -0.1) is 0 Å². The van der Waals surface area contributed by atoms with Crippen molar-refractivity contribution in [2.24, 2.45) is 16.9 Å². The van der Waals surface area contributed by atoms with E-state index in [9.17, 15) is 39.0 Å². The highest BCUT2D eigenvalue weighted by atomic mass is 16.4. The second-order valence-corrected chi connectivity index (χ2v) is 12.0. The number of urea groups is 1. The summed E-state index contributed by atoms with van der Waals surface area (Å²) in [7, 11) is 1.27. The molecule has 0 unspecified atom stereocenters. The van der Waals surface area contributed by atoms with Gasteiger partial charge in [0.2, 0.25) is 17.5 Å². The number of aliphatic carboxylic acids is 2. The van der Waals surface area contributed by atoms with Crippen molar-refractivity contribution in [1.82, 2.24) is 20.0 Å². The van der Waals surface area contributed by atoms with Gasteiger partial charge < -0.3 is 26.3 Å². The number of likely N-dealkylation sites (N-methyl/N-ethyl adjacent to an activating group) is 1. The number of nitrogens with two attached hydrogens (primary N) is 1. The van der Waals surface area contributed by atoms with Crippen molar-refractivity contribution < 1.29 is 39.0 Å². The van der Waals surface area contributed by atoms with Crippen LogP contribution >= 0.6 is 0 Å². The molecule has 3 aromatic carbocycles. The van der Waals surface area contributed by atoms with Gasteiger partial charge in [0.1, 0.15) is 5.54 Å². The van der Waals surface area contributed by atoms with Gasteiger partial charge in [0.15, 0.2) is 0 Å². The number of hydrazone groups is 1. The number of hydrogen-bond donors (Lipinski definition) is 4. The minimum Gasteiger partial charge on any atom is -0.481 e. The summed E-state index contributed by atoms with van der Waals surface area (Å²) >= 11 is 0. The molecule has 0 aromatic heterocycles.